The van der Waals surface area contributed by atoms with Crippen molar-refractivity contribution in [3.63, 3.8) is 0 Å². The second-order valence-corrected chi connectivity index (χ2v) is 6.14. The van der Waals surface area contributed by atoms with Crippen LogP contribution in [0.1, 0.15) is 31.2 Å². The maximum absolute atomic E-state index is 12.9. The summed E-state index contributed by atoms with van der Waals surface area (Å²) in [7, 11) is 0. The molecule has 2 aliphatic carbocycles. The average Bonchev–Trinajstić information content (AvgIpc) is 3.33. The molecule has 0 bridgehead atoms. The first kappa shape index (κ1) is 16.2. The molecule has 0 spiro atoms. The summed E-state index contributed by atoms with van der Waals surface area (Å²) in [6.07, 6.45) is 4.72. The highest BCUT2D eigenvalue weighted by molar-refractivity contribution is 5.85. The summed E-state index contributed by atoms with van der Waals surface area (Å²) in [4.78, 5) is 11.8. The Kier molecular flexibility index (Phi) is 5.22. The molecule has 2 fully saturated rings. The normalized spacial score (nSPS) is 18.7. The lowest BCUT2D eigenvalue weighted by atomic mass is 9.96. The number of carbonyl (C=O) groups excluding carboxylic acids is 1. The van der Waals surface area contributed by atoms with Crippen LogP contribution >= 0.6 is 12.4 Å². The largest absolute Gasteiger partial charge is 0.354 e. The molecule has 21 heavy (non-hydrogen) atoms. The predicted octanol–water partition coefficient (Wildman–Crippen LogP) is 2.39. The van der Waals surface area contributed by atoms with Crippen LogP contribution in [0.15, 0.2) is 24.3 Å². The Morgan fingerprint density at radius 3 is 2.48 bits per heavy atom. The number of carbonyl (C=O) groups is 1. The fraction of sp³-hybridized carbons (Fsp3) is 0.562. The molecule has 3 nitrogen and oxygen atoms in total. The molecular weight excluding hydrogens is 291 g/mol. The molecule has 0 saturated heterocycles. The number of nitrogens with one attached hydrogen (secondary N) is 2. The molecule has 2 saturated carbocycles. The van der Waals surface area contributed by atoms with E-state index in [9.17, 15) is 9.18 Å². The number of amides is 1. The standard InChI is InChI=1S/C16H21FN2O.ClH/c17-14-5-3-13(4-6-14)16(7-8-16)11-19-15(20)10-18-9-12-1-2-12;/h3-6,12,18H,1-2,7-11H2,(H,19,20);1H. The number of benzene rings is 1. The van der Waals surface area contributed by atoms with E-state index in [4.69, 9.17) is 0 Å². The lowest BCUT2D eigenvalue weighted by Gasteiger charge is -2.16. The molecular formula is C16H22ClFN2O. The zero-order valence-corrected chi connectivity index (χ0v) is 12.8. The molecule has 0 aromatic heterocycles. The van der Waals surface area contributed by atoms with E-state index in [1.807, 2.05) is 12.1 Å². The van der Waals surface area contributed by atoms with Crippen LogP contribution in [0.3, 0.4) is 0 Å². The van der Waals surface area contributed by atoms with E-state index in [0.717, 1.165) is 30.9 Å². The van der Waals surface area contributed by atoms with Gasteiger partial charge in [-0.25, -0.2) is 4.39 Å². The van der Waals surface area contributed by atoms with Crippen molar-refractivity contribution in [3.05, 3.63) is 35.6 Å². The van der Waals surface area contributed by atoms with Gasteiger partial charge in [0.15, 0.2) is 0 Å². The summed E-state index contributed by atoms with van der Waals surface area (Å²) in [6.45, 7) is 2.01. The minimum atomic E-state index is -0.210. The van der Waals surface area contributed by atoms with Crippen LogP contribution in [0.4, 0.5) is 4.39 Å². The number of hydrogen-bond donors (Lipinski definition) is 2. The van der Waals surface area contributed by atoms with E-state index >= 15 is 0 Å². The summed E-state index contributed by atoms with van der Waals surface area (Å²) in [5.41, 5.74) is 1.17. The third-order valence-electron chi connectivity index (χ3n) is 4.35. The van der Waals surface area contributed by atoms with E-state index in [-0.39, 0.29) is 29.5 Å². The van der Waals surface area contributed by atoms with Crippen LogP contribution in [-0.2, 0) is 10.2 Å². The molecule has 0 heterocycles. The van der Waals surface area contributed by atoms with Gasteiger partial charge in [0, 0.05) is 12.0 Å². The van der Waals surface area contributed by atoms with Gasteiger partial charge in [0.25, 0.3) is 0 Å². The molecule has 1 aromatic rings. The maximum atomic E-state index is 12.9. The van der Waals surface area contributed by atoms with Crippen LogP contribution in [0, 0.1) is 11.7 Å². The molecule has 0 radical (unpaired) electrons. The lowest BCUT2D eigenvalue weighted by molar-refractivity contribution is -0.120. The number of halogens is 2. The van der Waals surface area contributed by atoms with Gasteiger partial charge in [0.2, 0.25) is 5.91 Å². The Morgan fingerprint density at radius 1 is 1.24 bits per heavy atom. The lowest BCUT2D eigenvalue weighted by Crippen LogP contribution is -2.38. The highest BCUT2D eigenvalue weighted by Crippen LogP contribution is 2.47. The summed E-state index contributed by atoms with van der Waals surface area (Å²) in [5, 5.41) is 6.19. The van der Waals surface area contributed by atoms with E-state index in [1.165, 1.54) is 25.0 Å². The van der Waals surface area contributed by atoms with Gasteiger partial charge >= 0.3 is 0 Å². The quantitative estimate of drug-likeness (QED) is 0.812. The Bertz CT molecular complexity index is 484. The smallest absolute Gasteiger partial charge is 0.233 e. The van der Waals surface area contributed by atoms with Crippen molar-refractivity contribution in [2.24, 2.45) is 5.92 Å². The van der Waals surface area contributed by atoms with Gasteiger partial charge in [0.1, 0.15) is 5.82 Å². The summed E-state index contributed by atoms with van der Waals surface area (Å²) in [6, 6.07) is 6.66. The molecule has 1 amide bonds. The fourth-order valence-corrected chi connectivity index (χ4v) is 2.56. The van der Waals surface area contributed by atoms with Crippen molar-refractivity contribution in [2.75, 3.05) is 19.6 Å². The van der Waals surface area contributed by atoms with E-state index in [1.54, 1.807) is 0 Å². The van der Waals surface area contributed by atoms with Crippen LogP contribution in [0.5, 0.6) is 0 Å². The molecule has 2 N–H and O–H groups in total. The summed E-state index contributed by atoms with van der Waals surface area (Å²) < 4.78 is 12.9. The molecule has 1 aromatic carbocycles. The first-order valence-corrected chi connectivity index (χ1v) is 7.41. The maximum Gasteiger partial charge on any atom is 0.233 e. The highest BCUT2D eigenvalue weighted by Gasteiger charge is 2.44. The first-order chi connectivity index (χ1) is 9.68. The van der Waals surface area contributed by atoms with Crippen molar-refractivity contribution in [1.29, 1.82) is 0 Å². The Labute approximate surface area is 131 Å². The van der Waals surface area contributed by atoms with Gasteiger partial charge in [-0.05, 0) is 55.8 Å². The zero-order chi connectivity index (χ0) is 14.0. The third-order valence-corrected chi connectivity index (χ3v) is 4.35. The Balaban J connectivity index is 0.00000161. The van der Waals surface area contributed by atoms with Crippen molar-refractivity contribution in [3.8, 4) is 0 Å². The van der Waals surface area contributed by atoms with Gasteiger partial charge in [-0.2, -0.15) is 0 Å². The molecule has 2 aliphatic rings. The Morgan fingerprint density at radius 2 is 1.90 bits per heavy atom. The second-order valence-electron chi connectivity index (χ2n) is 6.14. The Hall–Kier alpha value is -1.13. The first-order valence-electron chi connectivity index (χ1n) is 7.41. The second kappa shape index (κ2) is 6.75. The minimum Gasteiger partial charge on any atom is -0.354 e. The van der Waals surface area contributed by atoms with Crippen LogP contribution in [0.25, 0.3) is 0 Å². The van der Waals surface area contributed by atoms with Crippen LogP contribution in [0.2, 0.25) is 0 Å². The minimum absolute atomic E-state index is 0. The van der Waals surface area contributed by atoms with E-state index in [0.29, 0.717) is 13.1 Å². The van der Waals surface area contributed by atoms with Gasteiger partial charge in [-0.3, -0.25) is 4.79 Å². The molecule has 116 valence electrons. The monoisotopic (exact) mass is 312 g/mol. The van der Waals surface area contributed by atoms with Crippen molar-refractivity contribution in [1.82, 2.24) is 10.6 Å². The molecule has 0 aliphatic heterocycles. The van der Waals surface area contributed by atoms with E-state index in [2.05, 4.69) is 10.6 Å². The fourth-order valence-electron chi connectivity index (χ4n) is 2.56. The van der Waals surface area contributed by atoms with Gasteiger partial charge in [-0.1, -0.05) is 12.1 Å². The van der Waals surface area contributed by atoms with E-state index < -0.39 is 0 Å². The van der Waals surface area contributed by atoms with Crippen LogP contribution in [-0.4, -0.2) is 25.5 Å². The molecule has 0 atom stereocenters. The van der Waals surface area contributed by atoms with Crippen LogP contribution < -0.4 is 10.6 Å². The molecule has 5 heteroatoms. The van der Waals surface area contributed by atoms with Gasteiger partial charge < -0.3 is 10.6 Å². The SMILES string of the molecule is Cl.O=C(CNCC1CC1)NCC1(c2ccc(F)cc2)CC1. The number of hydrogen-bond acceptors (Lipinski definition) is 2. The highest BCUT2D eigenvalue weighted by atomic mass is 35.5. The zero-order valence-electron chi connectivity index (χ0n) is 12.0. The predicted molar refractivity (Wildman–Crippen MR) is 83.2 cm³/mol. The average molecular weight is 313 g/mol. The molecule has 3 rings (SSSR count). The van der Waals surface area contributed by atoms with Gasteiger partial charge in [-0.15, -0.1) is 12.4 Å². The van der Waals surface area contributed by atoms with Gasteiger partial charge in [0.05, 0.1) is 6.54 Å². The summed E-state index contributed by atoms with van der Waals surface area (Å²) >= 11 is 0. The summed E-state index contributed by atoms with van der Waals surface area (Å²) in [5.74, 6) is 0.633. The van der Waals surface area contributed by atoms with Crippen molar-refractivity contribution in [2.45, 2.75) is 31.1 Å². The van der Waals surface area contributed by atoms with Crippen molar-refractivity contribution >= 4 is 18.3 Å². The number of rotatable bonds is 7. The molecule has 0 unspecified atom stereocenters. The topological polar surface area (TPSA) is 41.1 Å². The third kappa shape index (κ3) is 4.42. The van der Waals surface area contributed by atoms with Crippen molar-refractivity contribution < 1.29 is 9.18 Å².